The molecule has 0 aliphatic rings. The third-order valence-corrected chi connectivity index (χ3v) is 2.84. The Morgan fingerprint density at radius 2 is 2.11 bits per heavy atom. The van der Waals surface area contributed by atoms with E-state index in [0.717, 1.165) is 11.3 Å². The van der Waals surface area contributed by atoms with Gasteiger partial charge in [-0.2, -0.15) is 0 Å². The molecule has 0 aliphatic heterocycles. The molecule has 1 amide bonds. The molecule has 94 valence electrons. The van der Waals surface area contributed by atoms with Gasteiger partial charge in [-0.15, -0.1) is 0 Å². The van der Waals surface area contributed by atoms with Crippen molar-refractivity contribution in [3.63, 3.8) is 0 Å². The zero-order valence-corrected chi connectivity index (χ0v) is 10.6. The first-order valence-corrected chi connectivity index (χ1v) is 5.93. The summed E-state index contributed by atoms with van der Waals surface area (Å²) in [6.45, 7) is 1.85. The molecule has 1 heterocycles. The predicted octanol–water partition coefficient (Wildman–Crippen LogP) is 2.97. The summed E-state index contributed by atoms with van der Waals surface area (Å²) in [5.41, 5.74) is 6.78. The van der Waals surface area contributed by atoms with E-state index in [1.54, 1.807) is 18.4 Å². The highest BCUT2D eigenvalue weighted by Gasteiger charge is 2.15. The number of oxazole rings is 1. The van der Waals surface area contributed by atoms with Gasteiger partial charge in [0.2, 0.25) is 5.91 Å². The van der Waals surface area contributed by atoms with Gasteiger partial charge in [0.1, 0.15) is 12.0 Å². The van der Waals surface area contributed by atoms with Gasteiger partial charge in [-0.3, -0.25) is 4.79 Å². The van der Waals surface area contributed by atoms with E-state index in [4.69, 9.17) is 21.8 Å². The summed E-state index contributed by atoms with van der Waals surface area (Å²) in [6, 6.07) is 7.31. The van der Waals surface area contributed by atoms with Crippen molar-refractivity contribution < 1.29 is 9.21 Å². The summed E-state index contributed by atoms with van der Waals surface area (Å²) in [6.07, 6.45) is 1.79. The maximum absolute atomic E-state index is 10.8. The van der Waals surface area contributed by atoms with E-state index < -0.39 is 0 Å². The molecular formula is C13H13ClN2O2. The minimum absolute atomic E-state index is 0.122. The fourth-order valence-corrected chi connectivity index (χ4v) is 1.78. The highest BCUT2D eigenvalue weighted by molar-refractivity contribution is 6.30. The minimum Gasteiger partial charge on any atom is -0.448 e. The molecule has 1 aromatic heterocycles. The highest BCUT2D eigenvalue weighted by atomic mass is 35.5. The average Bonchev–Trinajstić information content (AvgIpc) is 2.78. The third kappa shape index (κ3) is 2.90. The fraction of sp³-hybridized carbons (Fsp3) is 0.231. The summed E-state index contributed by atoms with van der Waals surface area (Å²) in [5.74, 6) is 0.0241. The van der Waals surface area contributed by atoms with Crippen LogP contribution >= 0.6 is 11.6 Å². The number of nitrogens with zero attached hydrogens (tertiary/aromatic N) is 1. The van der Waals surface area contributed by atoms with E-state index in [1.807, 2.05) is 19.1 Å². The van der Waals surface area contributed by atoms with Gasteiger partial charge < -0.3 is 10.2 Å². The lowest BCUT2D eigenvalue weighted by Crippen LogP contribution is -2.13. The molecule has 0 aliphatic carbocycles. The molecule has 18 heavy (non-hydrogen) atoms. The second-order valence-corrected chi connectivity index (χ2v) is 4.59. The summed E-state index contributed by atoms with van der Waals surface area (Å²) >= 11 is 5.82. The van der Waals surface area contributed by atoms with Crippen LogP contribution in [-0.4, -0.2) is 10.9 Å². The molecule has 0 bridgehead atoms. The highest BCUT2D eigenvalue weighted by Crippen LogP contribution is 2.24. The molecule has 0 fully saturated rings. The van der Waals surface area contributed by atoms with E-state index in [0.29, 0.717) is 10.9 Å². The van der Waals surface area contributed by atoms with Crippen molar-refractivity contribution in [2.75, 3.05) is 0 Å². The zero-order chi connectivity index (χ0) is 13.1. The predicted molar refractivity (Wildman–Crippen MR) is 69.2 cm³/mol. The second-order valence-electron chi connectivity index (χ2n) is 4.15. The molecule has 5 heteroatoms. The largest absolute Gasteiger partial charge is 0.448 e. The molecular weight excluding hydrogens is 252 g/mol. The van der Waals surface area contributed by atoms with Crippen molar-refractivity contribution in [1.29, 1.82) is 0 Å². The van der Waals surface area contributed by atoms with E-state index in [9.17, 15) is 4.79 Å². The van der Waals surface area contributed by atoms with Crippen LogP contribution in [0.4, 0.5) is 0 Å². The average molecular weight is 265 g/mol. The van der Waals surface area contributed by atoms with E-state index in [1.165, 1.54) is 0 Å². The SMILES string of the molecule is CC(CC(N)=O)c1nc(-c2ccc(Cl)cc2)co1. The van der Waals surface area contributed by atoms with Gasteiger partial charge in [-0.25, -0.2) is 4.98 Å². The number of nitrogens with two attached hydrogens (primary N) is 1. The number of carbonyl (C=O) groups excluding carboxylic acids is 1. The zero-order valence-electron chi connectivity index (χ0n) is 9.89. The van der Waals surface area contributed by atoms with Crippen LogP contribution in [0.15, 0.2) is 34.9 Å². The van der Waals surface area contributed by atoms with Crippen LogP contribution in [0.1, 0.15) is 25.2 Å². The normalized spacial score (nSPS) is 12.3. The van der Waals surface area contributed by atoms with E-state index >= 15 is 0 Å². The number of amides is 1. The summed E-state index contributed by atoms with van der Waals surface area (Å²) in [5, 5.41) is 0.671. The Kier molecular flexibility index (Phi) is 3.67. The Morgan fingerprint density at radius 1 is 1.44 bits per heavy atom. The van der Waals surface area contributed by atoms with Crippen molar-refractivity contribution in [2.24, 2.45) is 5.73 Å². The fourth-order valence-electron chi connectivity index (χ4n) is 1.66. The van der Waals surface area contributed by atoms with Gasteiger partial charge in [0.15, 0.2) is 5.89 Å². The standard InChI is InChI=1S/C13H13ClN2O2/c1-8(6-12(15)17)13-16-11(7-18-13)9-2-4-10(14)5-3-9/h2-5,7-8H,6H2,1H3,(H2,15,17). The van der Waals surface area contributed by atoms with Crippen LogP contribution in [0.5, 0.6) is 0 Å². The number of halogens is 1. The Labute approximate surface area is 110 Å². The number of rotatable bonds is 4. The summed E-state index contributed by atoms with van der Waals surface area (Å²) in [7, 11) is 0. The first-order chi connectivity index (χ1) is 8.56. The lowest BCUT2D eigenvalue weighted by atomic mass is 10.1. The first-order valence-electron chi connectivity index (χ1n) is 5.56. The molecule has 1 unspecified atom stereocenters. The molecule has 0 saturated carbocycles. The molecule has 1 aromatic carbocycles. The number of benzene rings is 1. The van der Waals surface area contributed by atoms with Crippen molar-refractivity contribution in [2.45, 2.75) is 19.3 Å². The van der Waals surface area contributed by atoms with Crippen molar-refractivity contribution in [3.8, 4) is 11.3 Å². The molecule has 0 saturated heterocycles. The molecule has 2 rings (SSSR count). The Balaban J connectivity index is 2.19. The maximum Gasteiger partial charge on any atom is 0.218 e. The van der Waals surface area contributed by atoms with Crippen LogP contribution < -0.4 is 5.73 Å². The first kappa shape index (κ1) is 12.6. The number of hydrogen-bond acceptors (Lipinski definition) is 3. The van der Waals surface area contributed by atoms with Crippen LogP contribution in [-0.2, 0) is 4.79 Å². The lowest BCUT2D eigenvalue weighted by Gasteiger charge is -2.02. The quantitative estimate of drug-likeness (QED) is 0.923. The number of primary amides is 1. The molecule has 0 spiro atoms. The van der Waals surface area contributed by atoms with E-state index in [-0.39, 0.29) is 18.2 Å². The molecule has 2 aromatic rings. The molecule has 4 nitrogen and oxygen atoms in total. The monoisotopic (exact) mass is 264 g/mol. The van der Waals surface area contributed by atoms with Gasteiger partial charge in [-0.1, -0.05) is 30.7 Å². The van der Waals surface area contributed by atoms with Crippen LogP contribution in [0.2, 0.25) is 5.02 Å². The van der Waals surface area contributed by atoms with Crippen LogP contribution in [0.3, 0.4) is 0 Å². The summed E-state index contributed by atoms with van der Waals surface area (Å²) in [4.78, 5) is 15.2. The number of carbonyl (C=O) groups is 1. The Bertz CT molecular complexity index is 548. The Hall–Kier alpha value is -1.81. The minimum atomic E-state index is -0.367. The molecule has 0 radical (unpaired) electrons. The maximum atomic E-state index is 10.8. The van der Waals surface area contributed by atoms with Crippen molar-refractivity contribution in [3.05, 3.63) is 41.4 Å². The third-order valence-electron chi connectivity index (χ3n) is 2.59. The van der Waals surface area contributed by atoms with E-state index in [2.05, 4.69) is 4.98 Å². The van der Waals surface area contributed by atoms with Gasteiger partial charge in [0, 0.05) is 22.9 Å². The van der Waals surface area contributed by atoms with Gasteiger partial charge in [0.05, 0.1) is 0 Å². The van der Waals surface area contributed by atoms with Crippen LogP contribution in [0, 0.1) is 0 Å². The number of aromatic nitrogens is 1. The van der Waals surface area contributed by atoms with Crippen LogP contribution in [0.25, 0.3) is 11.3 Å². The second kappa shape index (κ2) is 5.23. The smallest absolute Gasteiger partial charge is 0.218 e. The van der Waals surface area contributed by atoms with Gasteiger partial charge in [-0.05, 0) is 12.1 Å². The van der Waals surface area contributed by atoms with Gasteiger partial charge >= 0.3 is 0 Å². The lowest BCUT2D eigenvalue weighted by molar-refractivity contribution is -0.118. The van der Waals surface area contributed by atoms with Crippen molar-refractivity contribution in [1.82, 2.24) is 4.98 Å². The van der Waals surface area contributed by atoms with Gasteiger partial charge in [0.25, 0.3) is 0 Å². The Morgan fingerprint density at radius 3 is 2.72 bits per heavy atom. The van der Waals surface area contributed by atoms with Crippen molar-refractivity contribution >= 4 is 17.5 Å². The molecule has 1 atom stereocenters. The molecule has 2 N–H and O–H groups in total. The summed E-state index contributed by atoms with van der Waals surface area (Å²) < 4.78 is 5.36. The topological polar surface area (TPSA) is 69.1 Å². The number of hydrogen-bond donors (Lipinski definition) is 1.